The van der Waals surface area contributed by atoms with E-state index < -0.39 is 0 Å². The van der Waals surface area contributed by atoms with Crippen LogP contribution in [0.2, 0.25) is 0 Å². The van der Waals surface area contributed by atoms with E-state index in [0.717, 1.165) is 4.88 Å². The van der Waals surface area contributed by atoms with Crippen LogP contribution in [0.1, 0.15) is 4.88 Å². The Balaban J connectivity index is 1.91. The molecule has 4 heteroatoms. The minimum absolute atomic E-state index is 0.199. The highest BCUT2D eigenvalue weighted by Gasteiger charge is 2.07. The summed E-state index contributed by atoms with van der Waals surface area (Å²) in [7, 11) is 0. The molecule has 14 heavy (non-hydrogen) atoms. The van der Waals surface area contributed by atoms with Crippen molar-refractivity contribution >= 4 is 28.6 Å². The molecule has 0 fully saturated rings. The van der Waals surface area contributed by atoms with Gasteiger partial charge in [-0.1, -0.05) is 6.07 Å². The van der Waals surface area contributed by atoms with Gasteiger partial charge in [-0.2, -0.15) is 0 Å². The van der Waals surface area contributed by atoms with Crippen molar-refractivity contribution in [3.8, 4) is 5.06 Å². The summed E-state index contributed by atoms with van der Waals surface area (Å²) in [5, 5.41) is 4.49. The lowest BCUT2D eigenvalue weighted by Gasteiger charge is -1.98. The third kappa shape index (κ3) is 2.43. The first-order valence-electron chi connectivity index (χ1n) is 4.11. The monoisotopic (exact) mass is 224 g/mol. The van der Waals surface area contributed by atoms with E-state index in [1.54, 1.807) is 17.4 Å². The minimum Gasteiger partial charge on any atom is -0.415 e. The quantitative estimate of drug-likeness (QED) is 0.749. The Kier molecular flexibility index (Phi) is 2.96. The standard InChI is InChI=1S/C10H8O2S2/c11-9(7-8-3-1-5-13-8)12-10-4-2-6-14-10/h1-6H,7H2. The van der Waals surface area contributed by atoms with E-state index in [-0.39, 0.29) is 5.97 Å². The van der Waals surface area contributed by atoms with Crippen molar-refractivity contribution in [3.63, 3.8) is 0 Å². The van der Waals surface area contributed by atoms with Gasteiger partial charge >= 0.3 is 5.97 Å². The van der Waals surface area contributed by atoms with E-state index in [4.69, 9.17) is 4.74 Å². The maximum absolute atomic E-state index is 11.4. The number of esters is 1. The van der Waals surface area contributed by atoms with Crippen molar-refractivity contribution in [1.82, 2.24) is 0 Å². The van der Waals surface area contributed by atoms with E-state index in [1.807, 2.05) is 29.0 Å². The van der Waals surface area contributed by atoms with Gasteiger partial charge in [-0.05, 0) is 29.0 Å². The Labute approximate surface area is 89.8 Å². The summed E-state index contributed by atoms with van der Waals surface area (Å²) in [6.45, 7) is 0. The summed E-state index contributed by atoms with van der Waals surface area (Å²) < 4.78 is 5.11. The number of hydrogen-bond acceptors (Lipinski definition) is 4. The normalized spacial score (nSPS) is 10.0. The SMILES string of the molecule is O=C(Cc1cccs1)Oc1cccs1. The van der Waals surface area contributed by atoms with E-state index in [2.05, 4.69) is 0 Å². The first-order chi connectivity index (χ1) is 6.84. The van der Waals surface area contributed by atoms with Gasteiger partial charge in [0, 0.05) is 4.88 Å². The Hall–Kier alpha value is -1.13. The summed E-state index contributed by atoms with van der Waals surface area (Å²) in [5.41, 5.74) is 0. The molecule has 2 nitrogen and oxygen atoms in total. The van der Waals surface area contributed by atoms with Gasteiger partial charge in [-0.3, -0.25) is 4.79 Å². The molecule has 0 unspecified atom stereocenters. The highest BCUT2D eigenvalue weighted by Crippen LogP contribution is 2.19. The maximum Gasteiger partial charge on any atom is 0.317 e. The summed E-state index contributed by atoms with van der Waals surface area (Å²) in [5.74, 6) is -0.199. The average molecular weight is 224 g/mol. The highest BCUT2D eigenvalue weighted by molar-refractivity contribution is 7.11. The van der Waals surface area contributed by atoms with Crippen molar-refractivity contribution in [3.05, 3.63) is 39.9 Å². The first kappa shape index (κ1) is 9.43. The molecule has 0 saturated carbocycles. The van der Waals surface area contributed by atoms with E-state index in [1.165, 1.54) is 11.3 Å². The summed E-state index contributed by atoms with van der Waals surface area (Å²) in [6, 6.07) is 7.51. The summed E-state index contributed by atoms with van der Waals surface area (Å²) in [6.07, 6.45) is 0.357. The molecule has 0 aliphatic rings. The van der Waals surface area contributed by atoms with Gasteiger partial charge in [0.15, 0.2) is 5.06 Å². The predicted octanol–water partition coefficient (Wildman–Crippen LogP) is 2.96. The van der Waals surface area contributed by atoms with Crippen LogP contribution in [0.5, 0.6) is 5.06 Å². The lowest BCUT2D eigenvalue weighted by molar-refractivity contribution is -0.133. The molecule has 0 saturated heterocycles. The second-order valence-electron chi connectivity index (χ2n) is 2.66. The Morgan fingerprint density at radius 3 is 2.64 bits per heavy atom. The first-order valence-corrected chi connectivity index (χ1v) is 5.87. The molecular formula is C10H8O2S2. The molecule has 2 rings (SSSR count). The fraction of sp³-hybridized carbons (Fsp3) is 0.100. The summed E-state index contributed by atoms with van der Waals surface area (Å²) in [4.78, 5) is 12.4. The zero-order chi connectivity index (χ0) is 9.80. The average Bonchev–Trinajstić information content (AvgIpc) is 2.76. The predicted molar refractivity (Wildman–Crippen MR) is 58.0 cm³/mol. The zero-order valence-electron chi connectivity index (χ0n) is 7.30. The number of thiophene rings is 2. The zero-order valence-corrected chi connectivity index (χ0v) is 8.94. The van der Waals surface area contributed by atoms with Gasteiger partial charge in [-0.15, -0.1) is 22.7 Å². The molecule has 2 aromatic rings. The third-order valence-electron chi connectivity index (χ3n) is 1.61. The molecular weight excluding hydrogens is 216 g/mol. The Morgan fingerprint density at radius 2 is 2.00 bits per heavy atom. The van der Waals surface area contributed by atoms with Crippen LogP contribution in [-0.2, 0) is 11.2 Å². The van der Waals surface area contributed by atoms with Crippen LogP contribution < -0.4 is 4.74 Å². The van der Waals surface area contributed by atoms with Crippen LogP contribution in [0, 0.1) is 0 Å². The number of hydrogen-bond donors (Lipinski definition) is 0. The maximum atomic E-state index is 11.4. The molecule has 0 N–H and O–H groups in total. The van der Waals surface area contributed by atoms with Crippen LogP contribution in [0.3, 0.4) is 0 Å². The lowest BCUT2D eigenvalue weighted by atomic mass is 10.3. The Morgan fingerprint density at radius 1 is 1.21 bits per heavy atom. The fourth-order valence-electron chi connectivity index (χ4n) is 1.03. The molecule has 72 valence electrons. The smallest absolute Gasteiger partial charge is 0.317 e. The van der Waals surface area contributed by atoms with Crippen molar-refractivity contribution in [1.29, 1.82) is 0 Å². The highest BCUT2D eigenvalue weighted by atomic mass is 32.1. The van der Waals surface area contributed by atoms with Crippen LogP contribution in [-0.4, -0.2) is 5.97 Å². The molecule has 0 bridgehead atoms. The van der Waals surface area contributed by atoms with Gasteiger partial charge in [0.25, 0.3) is 0 Å². The van der Waals surface area contributed by atoms with Crippen LogP contribution >= 0.6 is 22.7 Å². The third-order valence-corrected chi connectivity index (χ3v) is 3.23. The lowest BCUT2D eigenvalue weighted by Crippen LogP contribution is -2.09. The van der Waals surface area contributed by atoms with Gasteiger partial charge < -0.3 is 4.74 Å². The van der Waals surface area contributed by atoms with Gasteiger partial charge in [-0.25, -0.2) is 0 Å². The molecule has 0 spiro atoms. The minimum atomic E-state index is -0.199. The number of rotatable bonds is 3. The van der Waals surface area contributed by atoms with Gasteiger partial charge in [0.05, 0.1) is 6.42 Å². The molecule has 0 aromatic carbocycles. The van der Waals surface area contributed by atoms with E-state index in [9.17, 15) is 4.79 Å². The molecule has 0 radical (unpaired) electrons. The Bertz CT molecular complexity index is 351. The molecule has 2 heterocycles. The number of carbonyl (C=O) groups is 1. The van der Waals surface area contributed by atoms with Crippen molar-refractivity contribution in [2.24, 2.45) is 0 Å². The largest absolute Gasteiger partial charge is 0.415 e. The van der Waals surface area contributed by atoms with Gasteiger partial charge in [0.1, 0.15) is 0 Å². The van der Waals surface area contributed by atoms with Crippen LogP contribution in [0.25, 0.3) is 0 Å². The topological polar surface area (TPSA) is 26.3 Å². The van der Waals surface area contributed by atoms with E-state index in [0.29, 0.717) is 11.5 Å². The van der Waals surface area contributed by atoms with Crippen molar-refractivity contribution < 1.29 is 9.53 Å². The van der Waals surface area contributed by atoms with Crippen LogP contribution in [0.15, 0.2) is 35.0 Å². The second kappa shape index (κ2) is 4.39. The van der Waals surface area contributed by atoms with E-state index >= 15 is 0 Å². The molecule has 0 aliphatic heterocycles. The molecule has 0 aliphatic carbocycles. The van der Waals surface area contributed by atoms with Gasteiger partial charge in [0.2, 0.25) is 0 Å². The molecule has 2 aromatic heterocycles. The molecule has 0 atom stereocenters. The number of carbonyl (C=O) groups excluding carboxylic acids is 1. The molecule has 0 amide bonds. The summed E-state index contributed by atoms with van der Waals surface area (Å²) >= 11 is 2.99. The van der Waals surface area contributed by atoms with Crippen molar-refractivity contribution in [2.45, 2.75) is 6.42 Å². The van der Waals surface area contributed by atoms with Crippen molar-refractivity contribution in [2.75, 3.05) is 0 Å². The van der Waals surface area contributed by atoms with Crippen LogP contribution in [0.4, 0.5) is 0 Å². The number of ether oxygens (including phenoxy) is 1. The fourth-order valence-corrected chi connectivity index (χ4v) is 2.30. The second-order valence-corrected chi connectivity index (χ2v) is 4.60.